The van der Waals surface area contributed by atoms with E-state index in [-0.39, 0.29) is 24.4 Å². The molecule has 0 spiro atoms. The van der Waals surface area contributed by atoms with Crippen LogP contribution in [0.15, 0.2) is 24.3 Å². The first-order chi connectivity index (χ1) is 9.28. The summed E-state index contributed by atoms with van der Waals surface area (Å²) in [6.45, 7) is 0.215. The van der Waals surface area contributed by atoms with Crippen LogP contribution in [0, 0.1) is 0 Å². The fraction of sp³-hybridized carbons (Fsp3) is 0.500. The Kier molecular flexibility index (Phi) is 4.04. The average molecular weight is 286 g/mol. The number of halogens is 3. The minimum Gasteiger partial charge on any atom is -0.352 e. The maximum absolute atomic E-state index is 12.4. The predicted octanol–water partition coefficient (Wildman–Crippen LogP) is 2.59. The van der Waals surface area contributed by atoms with Crippen LogP contribution in [0.4, 0.5) is 13.2 Å². The van der Waals surface area contributed by atoms with Crippen molar-refractivity contribution in [2.24, 2.45) is 5.73 Å². The van der Waals surface area contributed by atoms with Crippen molar-refractivity contribution >= 4 is 5.91 Å². The second-order valence-corrected chi connectivity index (χ2v) is 5.36. The maximum atomic E-state index is 12.4. The van der Waals surface area contributed by atoms with Crippen LogP contribution in [0.2, 0.25) is 0 Å². The lowest BCUT2D eigenvalue weighted by Gasteiger charge is -2.37. The molecule has 20 heavy (non-hydrogen) atoms. The van der Waals surface area contributed by atoms with Crippen LogP contribution in [0.3, 0.4) is 0 Å². The van der Waals surface area contributed by atoms with Crippen LogP contribution in [-0.4, -0.2) is 11.4 Å². The fourth-order valence-corrected chi connectivity index (χ4v) is 2.20. The van der Waals surface area contributed by atoms with E-state index < -0.39 is 11.7 Å². The topological polar surface area (TPSA) is 55.1 Å². The zero-order valence-electron chi connectivity index (χ0n) is 11.0. The predicted molar refractivity (Wildman–Crippen MR) is 68.7 cm³/mol. The number of alkyl halides is 3. The standard InChI is InChI=1S/C14H17F3N2O/c15-14(16,17)11-4-2-10(3-5-11)9-19-12(20)8-13(18)6-1-7-13/h2-5H,1,6-9,18H2,(H,19,20). The molecule has 1 saturated carbocycles. The highest BCUT2D eigenvalue weighted by atomic mass is 19.4. The first-order valence-corrected chi connectivity index (χ1v) is 6.50. The number of benzene rings is 1. The van der Waals surface area contributed by atoms with Crippen molar-refractivity contribution in [1.29, 1.82) is 0 Å². The number of rotatable bonds is 4. The zero-order valence-corrected chi connectivity index (χ0v) is 11.0. The lowest BCUT2D eigenvalue weighted by atomic mass is 9.75. The van der Waals surface area contributed by atoms with E-state index in [2.05, 4.69) is 5.32 Å². The van der Waals surface area contributed by atoms with Crippen molar-refractivity contribution in [3.8, 4) is 0 Å². The lowest BCUT2D eigenvalue weighted by molar-refractivity contribution is -0.137. The Morgan fingerprint density at radius 3 is 2.30 bits per heavy atom. The van der Waals surface area contributed by atoms with Gasteiger partial charge in [0.25, 0.3) is 0 Å². The van der Waals surface area contributed by atoms with E-state index in [9.17, 15) is 18.0 Å². The summed E-state index contributed by atoms with van der Waals surface area (Å²) in [7, 11) is 0. The summed E-state index contributed by atoms with van der Waals surface area (Å²) < 4.78 is 37.1. The van der Waals surface area contributed by atoms with E-state index in [1.165, 1.54) is 12.1 Å². The minimum atomic E-state index is -4.34. The molecule has 1 aromatic rings. The van der Waals surface area contributed by atoms with Gasteiger partial charge in [-0.1, -0.05) is 12.1 Å². The molecule has 0 saturated heterocycles. The second kappa shape index (κ2) is 5.44. The Hall–Kier alpha value is -1.56. The van der Waals surface area contributed by atoms with Crippen LogP contribution in [0.25, 0.3) is 0 Å². The SMILES string of the molecule is NC1(CC(=O)NCc2ccc(C(F)(F)F)cc2)CCC1. The molecular formula is C14H17F3N2O. The van der Waals surface area contributed by atoms with Crippen LogP contribution in [0.5, 0.6) is 0 Å². The van der Waals surface area contributed by atoms with Crippen molar-refractivity contribution in [3.05, 3.63) is 35.4 Å². The van der Waals surface area contributed by atoms with E-state index in [1.54, 1.807) is 0 Å². The molecule has 0 atom stereocenters. The van der Waals surface area contributed by atoms with Gasteiger partial charge in [0.05, 0.1) is 5.56 Å². The van der Waals surface area contributed by atoms with Gasteiger partial charge in [0.1, 0.15) is 0 Å². The Bertz CT molecular complexity index is 478. The Morgan fingerprint density at radius 1 is 1.25 bits per heavy atom. The summed E-state index contributed by atoms with van der Waals surface area (Å²) in [5.41, 5.74) is 5.51. The monoisotopic (exact) mass is 286 g/mol. The van der Waals surface area contributed by atoms with E-state index in [0.717, 1.165) is 31.4 Å². The summed E-state index contributed by atoms with van der Waals surface area (Å²) in [6, 6.07) is 4.75. The normalized spacial score (nSPS) is 17.4. The Morgan fingerprint density at radius 2 is 1.85 bits per heavy atom. The highest BCUT2D eigenvalue weighted by Gasteiger charge is 2.34. The Balaban J connectivity index is 1.83. The summed E-state index contributed by atoms with van der Waals surface area (Å²) in [4.78, 5) is 11.7. The van der Waals surface area contributed by atoms with Gasteiger partial charge in [-0.15, -0.1) is 0 Å². The van der Waals surface area contributed by atoms with Gasteiger partial charge in [-0.25, -0.2) is 0 Å². The number of nitrogens with one attached hydrogen (secondary N) is 1. The maximum Gasteiger partial charge on any atom is 0.416 e. The highest BCUT2D eigenvalue weighted by molar-refractivity contribution is 5.77. The van der Waals surface area contributed by atoms with Gasteiger partial charge in [0.2, 0.25) is 5.91 Å². The molecule has 0 heterocycles. The van der Waals surface area contributed by atoms with E-state index in [4.69, 9.17) is 5.73 Å². The summed E-state index contributed by atoms with van der Waals surface area (Å²) >= 11 is 0. The third-order valence-electron chi connectivity index (χ3n) is 3.63. The number of carbonyl (C=O) groups is 1. The number of hydrogen-bond donors (Lipinski definition) is 2. The van der Waals surface area contributed by atoms with Gasteiger partial charge < -0.3 is 11.1 Å². The lowest BCUT2D eigenvalue weighted by Crippen LogP contribution is -2.49. The number of hydrogen-bond acceptors (Lipinski definition) is 2. The minimum absolute atomic E-state index is 0.160. The molecule has 2 rings (SSSR count). The largest absolute Gasteiger partial charge is 0.416 e. The van der Waals surface area contributed by atoms with Gasteiger partial charge in [0.15, 0.2) is 0 Å². The molecule has 110 valence electrons. The summed E-state index contributed by atoms with van der Waals surface area (Å²) in [5.74, 6) is -0.160. The van der Waals surface area contributed by atoms with Gasteiger partial charge in [0, 0.05) is 18.5 Å². The van der Waals surface area contributed by atoms with Gasteiger partial charge in [-0.3, -0.25) is 4.79 Å². The van der Waals surface area contributed by atoms with Gasteiger partial charge in [-0.05, 0) is 37.0 Å². The quantitative estimate of drug-likeness (QED) is 0.894. The number of carbonyl (C=O) groups excluding carboxylic acids is 1. The van der Waals surface area contributed by atoms with Crippen LogP contribution in [0.1, 0.15) is 36.8 Å². The highest BCUT2D eigenvalue weighted by Crippen LogP contribution is 2.32. The zero-order chi connectivity index (χ0) is 14.8. The molecule has 6 heteroatoms. The number of amides is 1. The fourth-order valence-electron chi connectivity index (χ4n) is 2.20. The molecule has 0 aromatic heterocycles. The molecule has 1 aliphatic carbocycles. The Labute approximate surface area is 115 Å². The van der Waals surface area contributed by atoms with Crippen LogP contribution >= 0.6 is 0 Å². The molecular weight excluding hydrogens is 269 g/mol. The van der Waals surface area contributed by atoms with Gasteiger partial charge in [-0.2, -0.15) is 13.2 Å². The summed E-state index contributed by atoms with van der Waals surface area (Å²) in [5, 5.41) is 2.68. The molecule has 0 radical (unpaired) electrons. The molecule has 0 aliphatic heterocycles. The molecule has 3 nitrogen and oxygen atoms in total. The molecule has 1 fully saturated rings. The molecule has 1 aliphatic rings. The van der Waals surface area contributed by atoms with E-state index >= 15 is 0 Å². The third kappa shape index (κ3) is 3.72. The third-order valence-corrected chi connectivity index (χ3v) is 3.63. The van der Waals surface area contributed by atoms with E-state index in [1.807, 2.05) is 0 Å². The van der Waals surface area contributed by atoms with Crippen molar-refractivity contribution in [2.45, 2.75) is 43.9 Å². The van der Waals surface area contributed by atoms with Crippen molar-refractivity contribution in [1.82, 2.24) is 5.32 Å². The van der Waals surface area contributed by atoms with E-state index in [0.29, 0.717) is 5.56 Å². The molecule has 1 amide bonds. The molecule has 0 unspecified atom stereocenters. The molecule has 0 bridgehead atoms. The second-order valence-electron chi connectivity index (χ2n) is 5.36. The smallest absolute Gasteiger partial charge is 0.352 e. The van der Waals surface area contributed by atoms with Crippen LogP contribution in [-0.2, 0) is 17.5 Å². The summed E-state index contributed by atoms with van der Waals surface area (Å²) in [6.07, 6.45) is -1.32. The average Bonchev–Trinajstić information content (AvgIpc) is 2.34. The van der Waals surface area contributed by atoms with Crippen molar-refractivity contribution < 1.29 is 18.0 Å². The number of nitrogens with two attached hydrogens (primary N) is 1. The molecule has 3 N–H and O–H groups in total. The van der Waals surface area contributed by atoms with Crippen molar-refractivity contribution in [2.75, 3.05) is 0 Å². The van der Waals surface area contributed by atoms with Crippen molar-refractivity contribution in [3.63, 3.8) is 0 Å². The molecule has 1 aromatic carbocycles. The van der Waals surface area contributed by atoms with Crippen LogP contribution < -0.4 is 11.1 Å². The first-order valence-electron chi connectivity index (χ1n) is 6.50. The first kappa shape index (κ1) is 14.8. The van der Waals surface area contributed by atoms with Gasteiger partial charge >= 0.3 is 6.18 Å².